The van der Waals surface area contributed by atoms with E-state index >= 15 is 0 Å². The second-order valence-corrected chi connectivity index (χ2v) is 6.79. The average molecular weight is 383 g/mol. The summed E-state index contributed by atoms with van der Waals surface area (Å²) < 4.78 is 16.3. The van der Waals surface area contributed by atoms with Crippen LogP contribution in [0.1, 0.15) is 31.7 Å². The van der Waals surface area contributed by atoms with Crippen LogP contribution in [0.2, 0.25) is 0 Å². The van der Waals surface area contributed by atoms with Crippen molar-refractivity contribution in [2.75, 3.05) is 25.1 Å². The Kier molecular flexibility index (Phi) is 6.53. The van der Waals surface area contributed by atoms with Gasteiger partial charge in [-0.15, -0.1) is 0 Å². The third-order valence-corrected chi connectivity index (χ3v) is 4.80. The number of hydrogen-bond donors (Lipinski definition) is 1. The zero-order chi connectivity index (χ0) is 19.9. The maximum absolute atomic E-state index is 12.7. The van der Waals surface area contributed by atoms with E-state index in [1.807, 2.05) is 44.2 Å². The zero-order valence-electron chi connectivity index (χ0n) is 16.1. The molecular formula is C22H25NO5. The molecule has 148 valence electrons. The lowest BCUT2D eigenvalue weighted by Gasteiger charge is -2.22. The number of fused-ring (bicyclic) bond motifs is 1. The van der Waals surface area contributed by atoms with Gasteiger partial charge >= 0.3 is 5.97 Å². The predicted octanol–water partition coefficient (Wildman–Crippen LogP) is 3.77. The lowest BCUT2D eigenvalue weighted by molar-refractivity contribution is -0.150. The lowest BCUT2D eigenvalue weighted by Crippen LogP contribution is -2.27. The summed E-state index contributed by atoms with van der Waals surface area (Å²) in [6.45, 7) is 4.68. The van der Waals surface area contributed by atoms with Crippen LogP contribution < -0.4 is 14.8 Å². The molecule has 0 radical (unpaired) electrons. The molecule has 6 heteroatoms. The van der Waals surface area contributed by atoms with E-state index in [1.165, 1.54) is 0 Å². The van der Waals surface area contributed by atoms with Gasteiger partial charge in [-0.3, -0.25) is 9.59 Å². The Hall–Kier alpha value is -3.02. The number of rotatable bonds is 7. The van der Waals surface area contributed by atoms with E-state index in [1.54, 1.807) is 18.2 Å². The van der Waals surface area contributed by atoms with Gasteiger partial charge in [-0.1, -0.05) is 50.6 Å². The van der Waals surface area contributed by atoms with Crippen molar-refractivity contribution in [3.63, 3.8) is 0 Å². The molecule has 2 atom stereocenters. The van der Waals surface area contributed by atoms with E-state index in [4.69, 9.17) is 14.2 Å². The summed E-state index contributed by atoms with van der Waals surface area (Å²) in [5, 5.41) is 2.72. The predicted molar refractivity (Wildman–Crippen MR) is 106 cm³/mol. The van der Waals surface area contributed by atoms with Crippen LogP contribution in [0.5, 0.6) is 11.5 Å². The molecule has 1 aliphatic rings. The molecule has 1 amide bonds. The maximum atomic E-state index is 12.7. The molecule has 0 saturated heterocycles. The van der Waals surface area contributed by atoms with Gasteiger partial charge in [0.2, 0.25) is 0 Å². The second kappa shape index (κ2) is 9.26. The number of hydrogen-bond acceptors (Lipinski definition) is 5. The highest BCUT2D eigenvalue weighted by Gasteiger charge is 2.27. The van der Waals surface area contributed by atoms with Gasteiger partial charge in [0, 0.05) is 11.8 Å². The highest BCUT2D eigenvalue weighted by Crippen LogP contribution is 2.32. The van der Waals surface area contributed by atoms with Gasteiger partial charge in [0.1, 0.15) is 13.2 Å². The fourth-order valence-corrected chi connectivity index (χ4v) is 3.14. The number of amides is 1. The van der Waals surface area contributed by atoms with Crippen molar-refractivity contribution in [2.24, 2.45) is 5.92 Å². The molecule has 0 unspecified atom stereocenters. The molecular weight excluding hydrogens is 358 g/mol. The largest absolute Gasteiger partial charge is 0.486 e. The van der Waals surface area contributed by atoms with E-state index in [0.29, 0.717) is 30.4 Å². The molecule has 0 saturated carbocycles. The molecule has 0 aromatic heterocycles. The molecule has 0 spiro atoms. The van der Waals surface area contributed by atoms with Crippen LogP contribution >= 0.6 is 0 Å². The Morgan fingerprint density at radius 1 is 1.07 bits per heavy atom. The van der Waals surface area contributed by atoms with Crippen molar-refractivity contribution in [2.45, 2.75) is 26.2 Å². The molecule has 28 heavy (non-hydrogen) atoms. The minimum absolute atomic E-state index is 0.107. The van der Waals surface area contributed by atoms with Crippen LogP contribution in [-0.2, 0) is 14.3 Å². The Labute approximate surface area is 164 Å². The van der Waals surface area contributed by atoms with Crippen molar-refractivity contribution in [3.05, 3.63) is 54.1 Å². The van der Waals surface area contributed by atoms with Gasteiger partial charge in [-0.25, -0.2) is 0 Å². The minimum atomic E-state index is -0.402. The van der Waals surface area contributed by atoms with Gasteiger partial charge in [-0.2, -0.15) is 0 Å². The first kappa shape index (κ1) is 19.7. The molecule has 1 heterocycles. The lowest BCUT2D eigenvalue weighted by atomic mass is 9.86. The quantitative estimate of drug-likeness (QED) is 0.737. The molecule has 1 aliphatic heterocycles. The Morgan fingerprint density at radius 3 is 2.50 bits per heavy atom. The van der Waals surface area contributed by atoms with Crippen LogP contribution in [0.4, 0.5) is 5.69 Å². The topological polar surface area (TPSA) is 73.9 Å². The number of anilines is 1. The first-order chi connectivity index (χ1) is 13.6. The van der Waals surface area contributed by atoms with E-state index < -0.39 is 17.8 Å². The summed E-state index contributed by atoms with van der Waals surface area (Å²) in [5.41, 5.74) is 1.46. The number of carbonyl (C=O) groups is 2. The Balaban J connectivity index is 1.59. The molecule has 2 aromatic rings. The molecule has 0 fully saturated rings. The third-order valence-electron chi connectivity index (χ3n) is 4.80. The first-order valence-electron chi connectivity index (χ1n) is 9.49. The average Bonchev–Trinajstić information content (AvgIpc) is 2.73. The fraction of sp³-hybridized carbons (Fsp3) is 0.364. The second-order valence-electron chi connectivity index (χ2n) is 6.79. The summed E-state index contributed by atoms with van der Waals surface area (Å²) in [7, 11) is 0. The summed E-state index contributed by atoms with van der Waals surface area (Å²) in [6, 6.07) is 14.7. The van der Waals surface area contributed by atoms with Gasteiger partial charge < -0.3 is 19.5 Å². The van der Waals surface area contributed by atoms with Crippen molar-refractivity contribution >= 4 is 17.6 Å². The maximum Gasteiger partial charge on any atom is 0.314 e. The van der Waals surface area contributed by atoms with Gasteiger partial charge in [0.05, 0.1) is 5.92 Å². The molecule has 1 N–H and O–H groups in total. The van der Waals surface area contributed by atoms with Crippen molar-refractivity contribution in [1.82, 2.24) is 0 Å². The van der Waals surface area contributed by atoms with Crippen LogP contribution in [0.25, 0.3) is 0 Å². The minimum Gasteiger partial charge on any atom is -0.486 e. The van der Waals surface area contributed by atoms with Gasteiger partial charge in [-0.05, 0) is 23.6 Å². The Morgan fingerprint density at radius 2 is 1.79 bits per heavy atom. The van der Waals surface area contributed by atoms with Crippen LogP contribution in [0, 0.1) is 5.92 Å². The van der Waals surface area contributed by atoms with E-state index in [0.717, 1.165) is 12.0 Å². The summed E-state index contributed by atoms with van der Waals surface area (Å²) >= 11 is 0. The summed E-state index contributed by atoms with van der Waals surface area (Å²) in [4.78, 5) is 24.9. The van der Waals surface area contributed by atoms with Crippen LogP contribution in [0.3, 0.4) is 0 Å². The Bertz CT molecular complexity index is 821. The molecule has 0 aliphatic carbocycles. The van der Waals surface area contributed by atoms with Crippen molar-refractivity contribution in [3.8, 4) is 11.5 Å². The molecule has 3 rings (SSSR count). The standard InChI is InChI=1S/C22H25NO5/c1-3-15(2)21(16-7-5-4-6-8-16)22(25)28-14-20(24)23-17-9-10-18-19(13-17)27-12-11-26-18/h4-10,13,15,21H,3,11-12,14H2,1-2H3,(H,23,24)/t15-,21+/m0/s1. The molecule has 2 aromatic carbocycles. The fourth-order valence-electron chi connectivity index (χ4n) is 3.14. The number of benzene rings is 2. The normalized spacial score (nSPS) is 14.6. The highest BCUT2D eigenvalue weighted by atomic mass is 16.6. The van der Waals surface area contributed by atoms with E-state index in [9.17, 15) is 9.59 Å². The van der Waals surface area contributed by atoms with E-state index in [2.05, 4.69) is 5.32 Å². The smallest absolute Gasteiger partial charge is 0.314 e. The molecule has 6 nitrogen and oxygen atoms in total. The van der Waals surface area contributed by atoms with Gasteiger partial charge in [0.25, 0.3) is 5.91 Å². The SMILES string of the molecule is CC[C@H](C)[C@@H](C(=O)OCC(=O)Nc1ccc2c(c1)OCCO2)c1ccccc1. The number of carbonyl (C=O) groups excluding carboxylic acids is 2. The van der Waals surface area contributed by atoms with E-state index in [-0.39, 0.29) is 12.5 Å². The molecule has 0 bridgehead atoms. The highest BCUT2D eigenvalue weighted by molar-refractivity contribution is 5.93. The third kappa shape index (κ3) is 4.82. The van der Waals surface area contributed by atoms with Crippen molar-refractivity contribution < 1.29 is 23.8 Å². The zero-order valence-corrected chi connectivity index (χ0v) is 16.1. The number of ether oxygens (including phenoxy) is 3. The van der Waals surface area contributed by atoms with Crippen molar-refractivity contribution in [1.29, 1.82) is 0 Å². The monoisotopic (exact) mass is 383 g/mol. The summed E-state index contributed by atoms with van der Waals surface area (Å²) in [5.74, 6) is 0.153. The summed E-state index contributed by atoms with van der Waals surface area (Å²) in [6.07, 6.45) is 0.831. The van der Waals surface area contributed by atoms with Gasteiger partial charge in [0.15, 0.2) is 18.1 Å². The first-order valence-corrected chi connectivity index (χ1v) is 9.49. The van der Waals surface area contributed by atoms with Crippen LogP contribution in [0.15, 0.2) is 48.5 Å². The van der Waals surface area contributed by atoms with Crippen LogP contribution in [-0.4, -0.2) is 31.7 Å². The number of esters is 1. The number of nitrogens with one attached hydrogen (secondary N) is 1.